The molecule has 1 fully saturated rings. The van der Waals surface area contributed by atoms with Crippen molar-refractivity contribution >= 4 is 0 Å². The molecule has 72 valence electrons. The maximum absolute atomic E-state index is 5.61. The fraction of sp³-hybridized carbons (Fsp3) is 1.00. The average molecular weight is 169 g/mol. The van der Waals surface area contributed by atoms with Gasteiger partial charge in [0.15, 0.2) is 0 Å². The third kappa shape index (κ3) is 2.78. The third-order valence-corrected chi connectivity index (χ3v) is 3.38. The number of hydrogen-bond donors (Lipinski definition) is 1. The quantitative estimate of drug-likeness (QED) is 0.688. The number of nitrogens with two attached hydrogens (primary N) is 1. The van der Waals surface area contributed by atoms with E-state index in [0.29, 0.717) is 0 Å². The lowest BCUT2D eigenvalue weighted by molar-refractivity contribution is 0.232. The smallest absolute Gasteiger partial charge is 0.00745 e. The van der Waals surface area contributed by atoms with Crippen LogP contribution in [0.25, 0.3) is 0 Å². The van der Waals surface area contributed by atoms with Crippen LogP contribution in [0.3, 0.4) is 0 Å². The van der Waals surface area contributed by atoms with Crippen LogP contribution in [-0.4, -0.2) is 6.54 Å². The summed E-state index contributed by atoms with van der Waals surface area (Å²) in [6, 6.07) is 0. The first-order valence-corrected chi connectivity index (χ1v) is 5.58. The fourth-order valence-corrected chi connectivity index (χ4v) is 2.59. The molecule has 0 amide bonds. The van der Waals surface area contributed by atoms with Crippen molar-refractivity contribution in [1.29, 1.82) is 0 Å². The van der Waals surface area contributed by atoms with Crippen molar-refractivity contribution in [2.45, 2.75) is 51.9 Å². The van der Waals surface area contributed by atoms with Crippen LogP contribution in [0.5, 0.6) is 0 Å². The molecule has 0 bridgehead atoms. The Bertz CT molecular complexity index is 103. The molecule has 1 atom stereocenters. The van der Waals surface area contributed by atoms with E-state index in [1.54, 1.807) is 0 Å². The first-order valence-electron chi connectivity index (χ1n) is 5.58. The minimum atomic E-state index is 0.884. The average Bonchev–Trinajstić information content (AvgIpc) is 2.15. The third-order valence-electron chi connectivity index (χ3n) is 3.38. The highest BCUT2D eigenvalue weighted by atomic mass is 14.5. The van der Waals surface area contributed by atoms with Gasteiger partial charge in [-0.2, -0.15) is 0 Å². The predicted molar refractivity (Wildman–Crippen MR) is 54.0 cm³/mol. The Morgan fingerprint density at radius 3 is 2.42 bits per heavy atom. The van der Waals surface area contributed by atoms with E-state index in [-0.39, 0.29) is 0 Å². The van der Waals surface area contributed by atoms with E-state index in [1.807, 2.05) is 0 Å². The van der Waals surface area contributed by atoms with Crippen molar-refractivity contribution in [3.8, 4) is 0 Å². The van der Waals surface area contributed by atoms with E-state index in [1.165, 1.54) is 44.9 Å². The van der Waals surface area contributed by atoms with Crippen molar-refractivity contribution < 1.29 is 0 Å². The molecular weight excluding hydrogens is 146 g/mol. The summed E-state index contributed by atoms with van der Waals surface area (Å²) in [7, 11) is 0. The maximum atomic E-state index is 5.61. The highest BCUT2D eigenvalue weighted by molar-refractivity contribution is 4.73. The van der Waals surface area contributed by atoms with E-state index in [4.69, 9.17) is 5.73 Å². The summed E-state index contributed by atoms with van der Waals surface area (Å²) in [6.07, 6.45) is 9.92. The van der Waals surface area contributed by atoms with Gasteiger partial charge in [0.05, 0.1) is 0 Å². The van der Waals surface area contributed by atoms with Crippen LogP contribution in [0, 0.1) is 11.8 Å². The van der Waals surface area contributed by atoms with Crippen LogP contribution in [0.2, 0.25) is 0 Å². The molecule has 1 saturated carbocycles. The molecule has 1 heteroatoms. The van der Waals surface area contributed by atoms with E-state index in [9.17, 15) is 0 Å². The molecule has 1 rings (SSSR count). The molecule has 0 spiro atoms. The molecule has 0 aromatic carbocycles. The number of rotatable bonds is 4. The zero-order chi connectivity index (χ0) is 8.81. The molecule has 0 aliphatic heterocycles. The SMILES string of the molecule is CCC(CCN)C1CCCCC1. The summed E-state index contributed by atoms with van der Waals surface area (Å²) in [4.78, 5) is 0. The molecule has 1 unspecified atom stereocenters. The Morgan fingerprint density at radius 2 is 1.92 bits per heavy atom. The van der Waals surface area contributed by atoms with Crippen molar-refractivity contribution in [2.75, 3.05) is 6.54 Å². The highest BCUT2D eigenvalue weighted by Gasteiger charge is 2.21. The molecule has 0 heterocycles. The second-order valence-electron chi connectivity index (χ2n) is 4.14. The van der Waals surface area contributed by atoms with Crippen molar-refractivity contribution in [3.63, 3.8) is 0 Å². The fourth-order valence-electron chi connectivity index (χ4n) is 2.59. The Balaban J connectivity index is 2.29. The van der Waals surface area contributed by atoms with Gasteiger partial charge >= 0.3 is 0 Å². The standard InChI is InChI=1S/C11H23N/c1-2-10(8-9-12)11-6-4-3-5-7-11/h10-11H,2-9,12H2,1H3. The largest absolute Gasteiger partial charge is 0.330 e. The second kappa shape index (κ2) is 5.58. The Kier molecular flexibility index (Phi) is 4.67. The first kappa shape index (κ1) is 10.0. The summed E-state index contributed by atoms with van der Waals surface area (Å²) in [5, 5.41) is 0. The second-order valence-corrected chi connectivity index (χ2v) is 4.14. The molecule has 0 aromatic heterocycles. The Morgan fingerprint density at radius 1 is 1.25 bits per heavy atom. The van der Waals surface area contributed by atoms with Gasteiger partial charge in [-0.15, -0.1) is 0 Å². The van der Waals surface area contributed by atoms with Crippen LogP contribution < -0.4 is 5.73 Å². The van der Waals surface area contributed by atoms with Gasteiger partial charge in [-0.25, -0.2) is 0 Å². The molecule has 2 N–H and O–H groups in total. The van der Waals surface area contributed by atoms with E-state index >= 15 is 0 Å². The molecule has 1 aliphatic carbocycles. The van der Waals surface area contributed by atoms with E-state index < -0.39 is 0 Å². The number of hydrogen-bond acceptors (Lipinski definition) is 1. The van der Waals surface area contributed by atoms with Gasteiger partial charge in [0, 0.05) is 0 Å². The lowest BCUT2D eigenvalue weighted by atomic mass is 9.77. The topological polar surface area (TPSA) is 26.0 Å². The highest BCUT2D eigenvalue weighted by Crippen LogP contribution is 2.32. The van der Waals surface area contributed by atoms with Gasteiger partial charge in [-0.05, 0) is 24.8 Å². The van der Waals surface area contributed by atoms with Crippen molar-refractivity contribution in [1.82, 2.24) is 0 Å². The lowest BCUT2D eigenvalue weighted by Gasteiger charge is -2.29. The zero-order valence-corrected chi connectivity index (χ0v) is 8.39. The van der Waals surface area contributed by atoms with Crippen LogP contribution in [-0.2, 0) is 0 Å². The summed E-state index contributed by atoms with van der Waals surface area (Å²) >= 11 is 0. The molecule has 0 radical (unpaired) electrons. The predicted octanol–water partition coefficient (Wildman–Crippen LogP) is 2.94. The molecule has 12 heavy (non-hydrogen) atoms. The van der Waals surface area contributed by atoms with E-state index in [2.05, 4.69) is 6.92 Å². The molecule has 1 aliphatic rings. The van der Waals surface area contributed by atoms with Gasteiger partial charge in [0.2, 0.25) is 0 Å². The summed E-state index contributed by atoms with van der Waals surface area (Å²) < 4.78 is 0. The van der Waals surface area contributed by atoms with Crippen LogP contribution in [0.1, 0.15) is 51.9 Å². The minimum Gasteiger partial charge on any atom is -0.330 e. The van der Waals surface area contributed by atoms with Crippen molar-refractivity contribution in [2.24, 2.45) is 17.6 Å². The normalized spacial score (nSPS) is 22.5. The summed E-state index contributed by atoms with van der Waals surface area (Å²) in [5.41, 5.74) is 5.61. The Labute approximate surface area is 76.7 Å². The van der Waals surface area contributed by atoms with Crippen LogP contribution >= 0.6 is 0 Å². The molecular formula is C11H23N. The van der Waals surface area contributed by atoms with Crippen LogP contribution in [0.15, 0.2) is 0 Å². The van der Waals surface area contributed by atoms with Crippen molar-refractivity contribution in [3.05, 3.63) is 0 Å². The molecule has 0 saturated heterocycles. The maximum Gasteiger partial charge on any atom is -0.00745 e. The Hall–Kier alpha value is -0.0400. The van der Waals surface area contributed by atoms with Gasteiger partial charge in [-0.1, -0.05) is 45.4 Å². The first-order chi connectivity index (χ1) is 5.88. The monoisotopic (exact) mass is 169 g/mol. The van der Waals surface area contributed by atoms with Gasteiger partial charge < -0.3 is 5.73 Å². The van der Waals surface area contributed by atoms with Gasteiger partial charge in [-0.3, -0.25) is 0 Å². The molecule has 0 aromatic rings. The summed E-state index contributed by atoms with van der Waals surface area (Å²) in [6.45, 7) is 3.20. The lowest BCUT2D eigenvalue weighted by Crippen LogP contribution is -2.20. The van der Waals surface area contributed by atoms with Gasteiger partial charge in [0.1, 0.15) is 0 Å². The molecule has 1 nitrogen and oxygen atoms in total. The van der Waals surface area contributed by atoms with Gasteiger partial charge in [0.25, 0.3) is 0 Å². The summed E-state index contributed by atoms with van der Waals surface area (Å²) in [5.74, 6) is 1.93. The minimum absolute atomic E-state index is 0.884. The van der Waals surface area contributed by atoms with E-state index in [0.717, 1.165) is 18.4 Å². The zero-order valence-electron chi connectivity index (χ0n) is 8.39. The van der Waals surface area contributed by atoms with Crippen LogP contribution in [0.4, 0.5) is 0 Å².